The lowest BCUT2D eigenvalue weighted by Gasteiger charge is -2.25. The van der Waals surface area contributed by atoms with Crippen molar-refractivity contribution in [3.05, 3.63) is 101 Å². The van der Waals surface area contributed by atoms with Crippen molar-refractivity contribution < 1.29 is 19.4 Å². The molecule has 2 heterocycles. The lowest BCUT2D eigenvalue weighted by Crippen LogP contribution is -2.29. The van der Waals surface area contributed by atoms with Crippen LogP contribution in [0, 0.1) is 0 Å². The number of amides is 1. The van der Waals surface area contributed by atoms with Crippen LogP contribution in [0.1, 0.15) is 35.2 Å². The van der Waals surface area contributed by atoms with Gasteiger partial charge in [-0.05, 0) is 41.3 Å². The number of likely N-dealkylation sites (tertiary alicyclic amines) is 1. The lowest BCUT2D eigenvalue weighted by molar-refractivity contribution is -0.140. The molecule has 1 atom stereocenters. The molecule has 1 aliphatic heterocycles. The summed E-state index contributed by atoms with van der Waals surface area (Å²) in [4.78, 5) is 31.8. The number of ketones is 1. The van der Waals surface area contributed by atoms with Gasteiger partial charge in [0.2, 0.25) is 0 Å². The van der Waals surface area contributed by atoms with Gasteiger partial charge in [0.1, 0.15) is 11.5 Å². The molecule has 1 saturated heterocycles. The van der Waals surface area contributed by atoms with E-state index in [1.165, 1.54) is 4.90 Å². The molecule has 1 aromatic heterocycles. The van der Waals surface area contributed by atoms with Gasteiger partial charge in [0.05, 0.1) is 18.7 Å². The summed E-state index contributed by atoms with van der Waals surface area (Å²) >= 11 is 0. The summed E-state index contributed by atoms with van der Waals surface area (Å²) < 4.78 is 5.29. The van der Waals surface area contributed by atoms with Crippen molar-refractivity contribution in [2.24, 2.45) is 0 Å². The van der Waals surface area contributed by atoms with Crippen molar-refractivity contribution in [2.75, 3.05) is 7.11 Å². The number of aliphatic hydroxyl groups is 1. The number of hydrogen-bond acceptors (Lipinski definition) is 5. The zero-order chi connectivity index (χ0) is 22.7. The molecule has 3 aromatic rings. The first-order valence-electron chi connectivity index (χ1n) is 10.4. The first kappa shape index (κ1) is 21.3. The second-order valence-corrected chi connectivity index (χ2v) is 7.62. The van der Waals surface area contributed by atoms with E-state index < -0.39 is 17.7 Å². The van der Waals surface area contributed by atoms with E-state index in [1.807, 2.05) is 43.3 Å². The van der Waals surface area contributed by atoms with E-state index >= 15 is 0 Å². The summed E-state index contributed by atoms with van der Waals surface area (Å²) in [5.41, 5.74) is 3.14. The molecule has 0 spiro atoms. The van der Waals surface area contributed by atoms with E-state index in [2.05, 4.69) is 4.98 Å². The number of carbonyl (C=O) groups excluding carboxylic acids is 2. The van der Waals surface area contributed by atoms with Crippen LogP contribution in [0.2, 0.25) is 0 Å². The zero-order valence-corrected chi connectivity index (χ0v) is 18.0. The molecular formula is C26H24N2O4. The summed E-state index contributed by atoms with van der Waals surface area (Å²) in [5, 5.41) is 11.1. The molecule has 1 unspecified atom stereocenters. The van der Waals surface area contributed by atoms with Gasteiger partial charge in [-0.3, -0.25) is 14.6 Å². The molecule has 0 aliphatic carbocycles. The van der Waals surface area contributed by atoms with E-state index in [4.69, 9.17) is 4.74 Å². The highest BCUT2D eigenvalue weighted by atomic mass is 16.5. The Balaban J connectivity index is 1.81. The smallest absolute Gasteiger partial charge is 0.295 e. The number of nitrogens with zero attached hydrogens (tertiary/aromatic N) is 2. The Labute approximate surface area is 186 Å². The van der Waals surface area contributed by atoms with Crippen LogP contribution in [0.4, 0.5) is 0 Å². The molecule has 6 heteroatoms. The Hall–Kier alpha value is -3.93. The lowest BCUT2D eigenvalue weighted by atomic mass is 9.95. The minimum Gasteiger partial charge on any atom is -0.507 e. The molecule has 2 aromatic carbocycles. The molecule has 1 aliphatic rings. The van der Waals surface area contributed by atoms with E-state index in [0.29, 0.717) is 16.9 Å². The number of rotatable bonds is 6. The Kier molecular flexibility index (Phi) is 6.03. The average Bonchev–Trinajstić information content (AvgIpc) is 3.09. The Morgan fingerprint density at radius 3 is 2.50 bits per heavy atom. The van der Waals surface area contributed by atoms with Crippen molar-refractivity contribution >= 4 is 17.4 Å². The topological polar surface area (TPSA) is 79.7 Å². The third-order valence-electron chi connectivity index (χ3n) is 5.66. The van der Waals surface area contributed by atoms with Crippen LogP contribution in [0.3, 0.4) is 0 Å². The van der Waals surface area contributed by atoms with Crippen LogP contribution in [-0.4, -0.2) is 33.8 Å². The highest BCUT2D eigenvalue weighted by Gasteiger charge is 2.46. The second-order valence-electron chi connectivity index (χ2n) is 7.62. The predicted molar refractivity (Wildman–Crippen MR) is 121 cm³/mol. The van der Waals surface area contributed by atoms with Gasteiger partial charge in [0.25, 0.3) is 11.7 Å². The van der Waals surface area contributed by atoms with E-state index in [0.717, 1.165) is 17.5 Å². The van der Waals surface area contributed by atoms with Gasteiger partial charge >= 0.3 is 0 Å². The van der Waals surface area contributed by atoms with Crippen molar-refractivity contribution in [1.82, 2.24) is 9.88 Å². The number of carbonyl (C=O) groups is 2. The number of methoxy groups -OCH3 is 1. The van der Waals surface area contributed by atoms with Gasteiger partial charge in [-0.15, -0.1) is 0 Å². The van der Waals surface area contributed by atoms with Crippen LogP contribution >= 0.6 is 0 Å². The highest BCUT2D eigenvalue weighted by Crippen LogP contribution is 2.40. The number of aromatic nitrogens is 1. The third-order valence-corrected chi connectivity index (χ3v) is 5.66. The largest absolute Gasteiger partial charge is 0.507 e. The van der Waals surface area contributed by atoms with Crippen LogP contribution in [0.15, 0.2) is 78.6 Å². The maximum atomic E-state index is 13.1. The summed E-state index contributed by atoms with van der Waals surface area (Å²) in [6.07, 6.45) is 4.10. The number of aryl methyl sites for hydroxylation is 1. The molecule has 1 fully saturated rings. The molecule has 0 radical (unpaired) electrons. The maximum Gasteiger partial charge on any atom is 0.295 e. The number of pyridine rings is 1. The van der Waals surface area contributed by atoms with Crippen LogP contribution < -0.4 is 4.74 Å². The third kappa shape index (κ3) is 3.99. The minimum atomic E-state index is -0.749. The summed E-state index contributed by atoms with van der Waals surface area (Å²) in [6.45, 7) is 2.23. The molecule has 1 N–H and O–H groups in total. The van der Waals surface area contributed by atoms with E-state index in [-0.39, 0.29) is 17.9 Å². The van der Waals surface area contributed by atoms with Crippen LogP contribution in [0.5, 0.6) is 5.75 Å². The number of Topliss-reactive ketones (excluding diaryl/α,β-unsaturated/α-hetero) is 1. The van der Waals surface area contributed by atoms with Crippen molar-refractivity contribution in [3.63, 3.8) is 0 Å². The standard InChI is InChI=1S/C26H24N2O4/c1-3-17-9-11-19(12-10-17)24(29)22-23(20-7-5-13-27-15-20)28(26(31)25(22)30)16-18-6-4-8-21(14-18)32-2/h4-15,23,29H,3,16H2,1-2H3/b24-22-. The van der Waals surface area contributed by atoms with Crippen LogP contribution in [0.25, 0.3) is 5.76 Å². The monoisotopic (exact) mass is 428 g/mol. The number of hydrogen-bond donors (Lipinski definition) is 1. The maximum absolute atomic E-state index is 13.1. The quantitative estimate of drug-likeness (QED) is 0.360. The van der Waals surface area contributed by atoms with Gasteiger partial charge < -0.3 is 14.7 Å². The Morgan fingerprint density at radius 2 is 1.84 bits per heavy atom. The first-order chi connectivity index (χ1) is 15.5. The Bertz CT molecular complexity index is 1170. The summed E-state index contributed by atoms with van der Waals surface area (Å²) in [6, 6.07) is 17.5. The Morgan fingerprint density at radius 1 is 1.06 bits per heavy atom. The van der Waals surface area contributed by atoms with Gasteiger partial charge in [0, 0.05) is 24.5 Å². The molecule has 162 valence electrons. The van der Waals surface area contributed by atoms with Gasteiger partial charge in [-0.1, -0.05) is 49.4 Å². The van der Waals surface area contributed by atoms with Gasteiger partial charge in [-0.25, -0.2) is 0 Å². The number of benzene rings is 2. The summed E-state index contributed by atoms with van der Waals surface area (Å²) in [7, 11) is 1.57. The highest BCUT2D eigenvalue weighted by molar-refractivity contribution is 6.46. The minimum absolute atomic E-state index is 0.0649. The molecule has 32 heavy (non-hydrogen) atoms. The predicted octanol–water partition coefficient (Wildman–Crippen LogP) is 4.27. The molecular weight excluding hydrogens is 404 g/mol. The normalized spacial score (nSPS) is 17.6. The molecule has 4 rings (SSSR count). The molecule has 6 nitrogen and oxygen atoms in total. The van der Waals surface area contributed by atoms with Gasteiger partial charge in [0.15, 0.2) is 0 Å². The van der Waals surface area contributed by atoms with E-state index in [9.17, 15) is 14.7 Å². The average molecular weight is 428 g/mol. The second kappa shape index (κ2) is 9.06. The number of aliphatic hydroxyl groups excluding tert-OH is 1. The fraction of sp³-hybridized carbons (Fsp3) is 0.192. The fourth-order valence-electron chi connectivity index (χ4n) is 3.95. The van der Waals surface area contributed by atoms with Crippen molar-refractivity contribution in [2.45, 2.75) is 25.9 Å². The molecule has 1 amide bonds. The zero-order valence-electron chi connectivity index (χ0n) is 18.0. The van der Waals surface area contributed by atoms with Crippen molar-refractivity contribution in [1.29, 1.82) is 0 Å². The SMILES string of the molecule is CCc1ccc(/C(O)=C2/C(=O)C(=O)N(Cc3cccc(OC)c3)C2c2cccnc2)cc1. The van der Waals surface area contributed by atoms with Crippen LogP contribution in [-0.2, 0) is 22.6 Å². The van der Waals surface area contributed by atoms with Gasteiger partial charge in [-0.2, -0.15) is 0 Å². The summed E-state index contributed by atoms with van der Waals surface area (Å²) in [5.74, 6) is -0.895. The van der Waals surface area contributed by atoms with E-state index in [1.54, 1.807) is 43.8 Å². The fourth-order valence-corrected chi connectivity index (χ4v) is 3.95. The van der Waals surface area contributed by atoms with Crippen molar-refractivity contribution in [3.8, 4) is 5.75 Å². The molecule has 0 saturated carbocycles. The molecule has 0 bridgehead atoms. The number of ether oxygens (including phenoxy) is 1. The first-order valence-corrected chi connectivity index (χ1v) is 10.4.